The summed E-state index contributed by atoms with van der Waals surface area (Å²) in [5, 5.41) is 14.2. The first-order chi connectivity index (χ1) is 11.2. The molecule has 2 aliphatic rings. The standard InChI is InChI=1S/C19H28ClNO2/c20-17-8-6-15(7-9-17)10-18(16-4-2-1-3-5-16)21-11-19(12-22)13-23-14-19/h6-9,16,18,21-22H,1-5,10-14H2. The highest BCUT2D eigenvalue weighted by Gasteiger charge is 2.38. The van der Waals surface area contributed by atoms with Gasteiger partial charge in [0, 0.05) is 17.6 Å². The molecule has 0 bridgehead atoms. The van der Waals surface area contributed by atoms with Crippen LogP contribution in [0, 0.1) is 11.3 Å². The third kappa shape index (κ3) is 4.48. The number of aliphatic hydroxyl groups is 1. The summed E-state index contributed by atoms with van der Waals surface area (Å²) in [5.74, 6) is 0.733. The summed E-state index contributed by atoms with van der Waals surface area (Å²) in [6, 6.07) is 8.69. The minimum atomic E-state index is -0.0626. The smallest absolute Gasteiger partial charge is 0.0579 e. The predicted octanol–water partition coefficient (Wildman–Crippen LogP) is 3.43. The molecule has 1 unspecified atom stereocenters. The molecule has 0 radical (unpaired) electrons. The summed E-state index contributed by atoms with van der Waals surface area (Å²) in [6.07, 6.45) is 7.72. The van der Waals surface area contributed by atoms with E-state index in [1.54, 1.807) is 0 Å². The minimum absolute atomic E-state index is 0.0626. The maximum Gasteiger partial charge on any atom is 0.0579 e. The topological polar surface area (TPSA) is 41.5 Å². The molecule has 2 fully saturated rings. The molecular weight excluding hydrogens is 310 g/mol. The fourth-order valence-electron chi connectivity index (χ4n) is 3.80. The number of benzene rings is 1. The summed E-state index contributed by atoms with van der Waals surface area (Å²) in [7, 11) is 0. The molecule has 128 valence electrons. The Morgan fingerprint density at radius 1 is 1.17 bits per heavy atom. The average molecular weight is 338 g/mol. The summed E-state index contributed by atoms with van der Waals surface area (Å²) in [6.45, 7) is 2.40. The van der Waals surface area contributed by atoms with Crippen molar-refractivity contribution >= 4 is 11.6 Å². The first kappa shape index (κ1) is 17.2. The van der Waals surface area contributed by atoms with E-state index in [9.17, 15) is 5.11 Å². The third-order valence-electron chi connectivity index (χ3n) is 5.48. The molecule has 0 spiro atoms. The van der Waals surface area contributed by atoms with Gasteiger partial charge in [0.1, 0.15) is 0 Å². The van der Waals surface area contributed by atoms with E-state index >= 15 is 0 Å². The zero-order valence-corrected chi connectivity index (χ0v) is 14.5. The molecule has 4 heteroatoms. The lowest BCUT2D eigenvalue weighted by Gasteiger charge is -2.42. The molecule has 1 aromatic carbocycles. The highest BCUT2D eigenvalue weighted by atomic mass is 35.5. The van der Waals surface area contributed by atoms with Crippen LogP contribution in [0.1, 0.15) is 37.7 Å². The van der Waals surface area contributed by atoms with Gasteiger partial charge in [-0.05, 0) is 42.9 Å². The zero-order chi connectivity index (χ0) is 16.1. The number of rotatable bonds is 7. The molecule has 1 aromatic rings. The van der Waals surface area contributed by atoms with E-state index in [1.807, 2.05) is 12.1 Å². The molecule has 0 amide bonds. The van der Waals surface area contributed by atoms with Gasteiger partial charge in [0.15, 0.2) is 0 Å². The van der Waals surface area contributed by atoms with Crippen LogP contribution in [0.5, 0.6) is 0 Å². The summed E-state index contributed by atoms with van der Waals surface area (Å²) < 4.78 is 5.32. The van der Waals surface area contributed by atoms with Gasteiger partial charge in [-0.2, -0.15) is 0 Å². The van der Waals surface area contributed by atoms with Crippen molar-refractivity contribution in [1.29, 1.82) is 0 Å². The Morgan fingerprint density at radius 2 is 1.87 bits per heavy atom. The van der Waals surface area contributed by atoms with Crippen molar-refractivity contribution in [2.75, 3.05) is 26.4 Å². The lowest BCUT2D eigenvalue weighted by atomic mass is 9.80. The normalized spacial score (nSPS) is 22.5. The van der Waals surface area contributed by atoms with E-state index in [4.69, 9.17) is 16.3 Å². The number of aliphatic hydroxyl groups excluding tert-OH is 1. The van der Waals surface area contributed by atoms with Crippen molar-refractivity contribution in [2.24, 2.45) is 11.3 Å². The zero-order valence-electron chi connectivity index (χ0n) is 13.8. The van der Waals surface area contributed by atoms with E-state index in [2.05, 4.69) is 17.4 Å². The minimum Gasteiger partial charge on any atom is -0.396 e. The van der Waals surface area contributed by atoms with Gasteiger partial charge >= 0.3 is 0 Å². The highest BCUT2D eigenvalue weighted by molar-refractivity contribution is 6.30. The summed E-state index contributed by atoms with van der Waals surface area (Å²) >= 11 is 6.01. The van der Waals surface area contributed by atoms with E-state index in [-0.39, 0.29) is 12.0 Å². The second kappa shape index (κ2) is 7.98. The fourth-order valence-corrected chi connectivity index (χ4v) is 3.93. The first-order valence-corrected chi connectivity index (χ1v) is 9.25. The van der Waals surface area contributed by atoms with Crippen molar-refractivity contribution < 1.29 is 9.84 Å². The average Bonchev–Trinajstić information content (AvgIpc) is 2.56. The van der Waals surface area contributed by atoms with Gasteiger partial charge in [0.05, 0.1) is 25.2 Å². The van der Waals surface area contributed by atoms with E-state index in [0.29, 0.717) is 19.3 Å². The fraction of sp³-hybridized carbons (Fsp3) is 0.684. The second-order valence-corrected chi connectivity index (χ2v) is 7.80. The van der Waals surface area contributed by atoms with Gasteiger partial charge in [0.25, 0.3) is 0 Å². The van der Waals surface area contributed by atoms with Crippen molar-refractivity contribution in [3.8, 4) is 0 Å². The number of halogens is 1. The monoisotopic (exact) mass is 337 g/mol. The van der Waals surface area contributed by atoms with Gasteiger partial charge < -0.3 is 15.2 Å². The molecular formula is C19H28ClNO2. The second-order valence-electron chi connectivity index (χ2n) is 7.37. The van der Waals surface area contributed by atoms with Gasteiger partial charge in [-0.1, -0.05) is 43.0 Å². The van der Waals surface area contributed by atoms with Crippen LogP contribution < -0.4 is 5.32 Å². The molecule has 3 nitrogen and oxygen atoms in total. The van der Waals surface area contributed by atoms with Crippen LogP contribution in [0.3, 0.4) is 0 Å². The Morgan fingerprint density at radius 3 is 2.43 bits per heavy atom. The van der Waals surface area contributed by atoms with Crippen LogP contribution in [0.4, 0.5) is 0 Å². The lowest BCUT2D eigenvalue weighted by Crippen LogP contribution is -2.55. The quantitative estimate of drug-likeness (QED) is 0.801. The summed E-state index contributed by atoms with van der Waals surface area (Å²) in [4.78, 5) is 0. The largest absolute Gasteiger partial charge is 0.396 e. The maximum absolute atomic E-state index is 9.65. The van der Waals surface area contributed by atoms with E-state index in [0.717, 1.165) is 23.9 Å². The van der Waals surface area contributed by atoms with Crippen LogP contribution >= 0.6 is 11.6 Å². The SMILES string of the molecule is OCC1(CNC(Cc2ccc(Cl)cc2)C2CCCCC2)COC1. The molecule has 1 heterocycles. The number of hydrogen-bond acceptors (Lipinski definition) is 3. The molecule has 1 saturated heterocycles. The van der Waals surface area contributed by atoms with Crippen LogP contribution in [-0.4, -0.2) is 37.5 Å². The third-order valence-corrected chi connectivity index (χ3v) is 5.73. The van der Waals surface area contributed by atoms with Gasteiger partial charge in [0.2, 0.25) is 0 Å². The van der Waals surface area contributed by atoms with Crippen LogP contribution in [0.15, 0.2) is 24.3 Å². The molecule has 1 aliphatic heterocycles. The molecule has 1 saturated carbocycles. The lowest BCUT2D eigenvalue weighted by molar-refractivity contribution is -0.135. The Hall–Kier alpha value is -0.610. The van der Waals surface area contributed by atoms with Crippen LogP contribution in [-0.2, 0) is 11.2 Å². The molecule has 2 N–H and O–H groups in total. The Labute approximate surface area is 144 Å². The van der Waals surface area contributed by atoms with E-state index in [1.165, 1.54) is 37.7 Å². The molecule has 0 aromatic heterocycles. The van der Waals surface area contributed by atoms with Crippen LogP contribution in [0.2, 0.25) is 5.02 Å². The summed E-state index contributed by atoms with van der Waals surface area (Å²) in [5.41, 5.74) is 1.27. The Bertz CT molecular complexity index is 475. The Balaban J connectivity index is 1.64. The number of nitrogens with one attached hydrogen (secondary N) is 1. The van der Waals surface area contributed by atoms with Gasteiger partial charge in [-0.3, -0.25) is 0 Å². The maximum atomic E-state index is 9.65. The van der Waals surface area contributed by atoms with Crippen molar-refractivity contribution in [1.82, 2.24) is 5.32 Å². The molecule has 1 atom stereocenters. The first-order valence-electron chi connectivity index (χ1n) is 8.87. The van der Waals surface area contributed by atoms with Crippen LogP contribution in [0.25, 0.3) is 0 Å². The number of ether oxygens (including phenoxy) is 1. The van der Waals surface area contributed by atoms with E-state index < -0.39 is 0 Å². The number of hydrogen-bond donors (Lipinski definition) is 2. The molecule has 1 aliphatic carbocycles. The Kier molecular flexibility index (Phi) is 5.97. The van der Waals surface area contributed by atoms with Gasteiger partial charge in [-0.25, -0.2) is 0 Å². The predicted molar refractivity (Wildman–Crippen MR) is 93.9 cm³/mol. The van der Waals surface area contributed by atoms with Crippen molar-refractivity contribution in [3.05, 3.63) is 34.9 Å². The van der Waals surface area contributed by atoms with Crippen molar-refractivity contribution in [2.45, 2.75) is 44.6 Å². The molecule has 23 heavy (non-hydrogen) atoms. The van der Waals surface area contributed by atoms with Gasteiger partial charge in [-0.15, -0.1) is 0 Å². The van der Waals surface area contributed by atoms with Crippen molar-refractivity contribution in [3.63, 3.8) is 0 Å². The highest BCUT2D eigenvalue weighted by Crippen LogP contribution is 2.30. The molecule has 3 rings (SSSR count).